The standard InChI is InChI=1S/C18H24ClN3O3/c1-18(2,3)17-21-16(25-22-17)6-4-5-15(23)20-11-12-24-14-9-7-13(19)8-10-14/h7-10H,4-6,11-12H2,1-3H3,(H,20,23). The van der Waals surface area contributed by atoms with Crippen molar-refractivity contribution in [2.24, 2.45) is 0 Å². The summed E-state index contributed by atoms with van der Waals surface area (Å²) < 4.78 is 10.7. The number of nitrogens with one attached hydrogen (secondary N) is 1. The Balaban J connectivity index is 1.59. The molecule has 0 saturated heterocycles. The van der Waals surface area contributed by atoms with Crippen LogP contribution >= 0.6 is 11.6 Å². The maximum absolute atomic E-state index is 11.8. The summed E-state index contributed by atoms with van der Waals surface area (Å²) in [5.74, 6) is 1.97. The van der Waals surface area contributed by atoms with Crippen LogP contribution in [0.5, 0.6) is 5.75 Å². The molecule has 0 aliphatic carbocycles. The Bertz CT molecular complexity index is 678. The SMILES string of the molecule is CC(C)(C)c1noc(CCCC(=O)NCCOc2ccc(Cl)cc2)n1. The van der Waals surface area contributed by atoms with Gasteiger partial charge in [0.1, 0.15) is 12.4 Å². The van der Waals surface area contributed by atoms with Crippen LogP contribution in [0.1, 0.15) is 45.3 Å². The van der Waals surface area contributed by atoms with E-state index in [9.17, 15) is 4.79 Å². The number of hydrogen-bond acceptors (Lipinski definition) is 5. The molecule has 0 fully saturated rings. The lowest BCUT2D eigenvalue weighted by atomic mass is 9.96. The molecule has 1 heterocycles. The molecule has 1 aromatic heterocycles. The Kier molecular flexibility index (Phi) is 6.82. The van der Waals surface area contributed by atoms with Gasteiger partial charge in [-0.1, -0.05) is 37.5 Å². The summed E-state index contributed by atoms with van der Waals surface area (Å²) in [4.78, 5) is 16.2. The van der Waals surface area contributed by atoms with Gasteiger partial charge in [-0.05, 0) is 30.7 Å². The molecule has 6 nitrogen and oxygen atoms in total. The molecule has 1 amide bonds. The average Bonchev–Trinajstić information content (AvgIpc) is 3.02. The number of nitrogens with zero attached hydrogens (tertiary/aromatic N) is 2. The number of rotatable bonds is 8. The quantitative estimate of drug-likeness (QED) is 0.724. The van der Waals surface area contributed by atoms with Gasteiger partial charge in [-0.2, -0.15) is 4.98 Å². The predicted molar refractivity (Wildman–Crippen MR) is 95.9 cm³/mol. The summed E-state index contributed by atoms with van der Waals surface area (Å²) in [6.45, 7) is 6.95. The third-order valence-electron chi connectivity index (χ3n) is 3.44. The minimum absolute atomic E-state index is 0.0183. The first-order chi connectivity index (χ1) is 11.8. The number of carbonyl (C=O) groups is 1. The highest BCUT2D eigenvalue weighted by Crippen LogP contribution is 2.19. The van der Waals surface area contributed by atoms with Gasteiger partial charge in [-0.25, -0.2) is 0 Å². The van der Waals surface area contributed by atoms with Crippen LogP contribution in [0.2, 0.25) is 5.02 Å². The maximum atomic E-state index is 11.8. The number of aryl methyl sites for hydroxylation is 1. The number of hydrogen-bond donors (Lipinski definition) is 1. The fourth-order valence-corrected chi connectivity index (χ4v) is 2.17. The molecule has 2 rings (SSSR count). The van der Waals surface area contributed by atoms with Crippen LogP contribution in [0.4, 0.5) is 0 Å². The lowest BCUT2D eigenvalue weighted by Crippen LogP contribution is -2.27. The zero-order valence-electron chi connectivity index (χ0n) is 14.8. The first-order valence-corrected chi connectivity index (χ1v) is 8.70. The zero-order valence-corrected chi connectivity index (χ0v) is 15.6. The second kappa shape index (κ2) is 8.85. The van der Waals surface area contributed by atoms with Crippen molar-refractivity contribution in [3.05, 3.63) is 41.0 Å². The van der Waals surface area contributed by atoms with E-state index < -0.39 is 0 Å². The summed E-state index contributed by atoms with van der Waals surface area (Å²) >= 11 is 5.80. The highest BCUT2D eigenvalue weighted by Gasteiger charge is 2.20. The Morgan fingerprint density at radius 3 is 2.64 bits per heavy atom. The van der Waals surface area contributed by atoms with Crippen LogP contribution in [0.3, 0.4) is 0 Å². The predicted octanol–water partition coefficient (Wildman–Crippen LogP) is 3.54. The molecule has 0 radical (unpaired) electrons. The van der Waals surface area contributed by atoms with E-state index in [1.165, 1.54) is 0 Å². The van der Waals surface area contributed by atoms with Crippen LogP contribution in [-0.2, 0) is 16.6 Å². The number of ether oxygens (including phenoxy) is 1. The summed E-state index contributed by atoms with van der Waals surface area (Å²) in [5, 5.41) is 7.46. The lowest BCUT2D eigenvalue weighted by Gasteiger charge is -2.10. The van der Waals surface area contributed by atoms with E-state index in [0.29, 0.717) is 49.2 Å². The first kappa shape index (κ1) is 19.2. The molecule has 7 heteroatoms. The summed E-state index contributed by atoms with van der Waals surface area (Å²) in [7, 11) is 0. The number of amides is 1. The van der Waals surface area contributed by atoms with Crippen molar-refractivity contribution in [1.82, 2.24) is 15.5 Å². The van der Waals surface area contributed by atoms with E-state index in [2.05, 4.69) is 15.5 Å². The van der Waals surface area contributed by atoms with Crippen molar-refractivity contribution in [1.29, 1.82) is 0 Å². The molecule has 1 aromatic carbocycles. The van der Waals surface area contributed by atoms with Gasteiger partial charge >= 0.3 is 0 Å². The monoisotopic (exact) mass is 365 g/mol. The van der Waals surface area contributed by atoms with Crippen molar-refractivity contribution in [3.8, 4) is 5.75 Å². The third kappa shape index (κ3) is 6.74. The van der Waals surface area contributed by atoms with E-state index in [0.717, 1.165) is 5.75 Å². The molecule has 25 heavy (non-hydrogen) atoms. The summed E-state index contributed by atoms with van der Waals surface area (Å²) in [6, 6.07) is 7.11. The Morgan fingerprint density at radius 1 is 1.28 bits per heavy atom. The van der Waals surface area contributed by atoms with Crippen LogP contribution in [-0.4, -0.2) is 29.2 Å². The van der Waals surface area contributed by atoms with Crippen LogP contribution in [0, 0.1) is 0 Å². The number of benzene rings is 1. The van der Waals surface area contributed by atoms with Gasteiger partial charge in [-0.3, -0.25) is 4.79 Å². The minimum Gasteiger partial charge on any atom is -0.492 e. The Hall–Kier alpha value is -2.08. The van der Waals surface area contributed by atoms with Crippen LogP contribution in [0.25, 0.3) is 0 Å². The number of aromatic nitrogens is 2. The molecule has 0 atom stereocenters. The number of halogens is 1. The zero-order chi connectivity index (χ0) is 18.3. The van der Waals surface area contributed by atoms with E-state index >= 15 is 0 Å². The molecule has 0 spiro atoms. The van der Waals surface area contributed by atoms with Gasteiger partial charge in [0.05, 0.1) is 6.54 Å². The average molecular weight is 366 g/mol. The largest absolute Gasteiger partial charge is 0.492 e. The van der Waals surface area contributed by atoms with Crippen molar-refractivity contribution >= 4 is 17.5 Å². The molecule has 136 valence electrons. The van der Waals surface area contributed by atoms with E-state index in [-0.39, 0.29) is 11.3 Å². The summed E-state index contributed by atoms with van der Waals surface area (Å²) in [5.41, 5.74) is -0.136. The first-order valence-electron chi connectivity index (χ1n) is 8.33. The fraction of sp³-hybridized carbons (Fsp3) is 0.500. The molecule has 2 aromatic rings. The van der Waals surface area contributed by atoms with Gasteiger partial charge in [0, 0.05) is 23.3 Å². The van der Waals surface area contributed by atoms with Gasteiger partial charge in [0.25, 0.3) is 0 Å². The van der Waals surface area contributed by atoms with Gasteiger partial charge in [0.2, 0.25) is 11.8 Å². The van der Waals surface area contributed by atoms with E-state index in [1.54, 1.807) is 24.3 Å². The highest BCUT2D eigenvalue weighted by atomic mass is 35.5. The second-order valence-corrected chi connectivity index (χ2v) is 7.20. The molecule has 1 N–H and O–H groups in total. The minimum atomic E-state index is -0.136. The van der Waals surface area contributed by atoms with Crippen molar-refractivity contribution in [3.63, 3.8) is 0 Å². The maximum Gasteiger partial charge on any atom is 0.226 e. The summed E-state index contributed by atoms with van der Waals surface area (Å²) in [6.07, 6.45) is 1.67. The molecule has 0 saturated carbocycles. The highest BCUT2D eigenvalue weighted by molar-refractivity contribution is 6.30. The Labute approximate surface area is 152 Å². The van der Waals surface area contributed by atoms with Gasteiger partial charge in [-0.15, -0.1) is 0 Å². The van der Waals surface area contributed by atoms with Crippen LogP contribution < -0.4 is 10.1 Å². The Morgan fingerprint density at radius 2 is 2.00 bits per heavy atom. The van der Waals surface area contributed by atoms with E-state index in [1.807, 2.05) is 20.8 Å². The van der Waals surface area contributed by atoms with Gasteiger partial charge in [0.15, 0.2) is 5.82 Å². The molecular formula is C18H24ClN3O3. The molecule has 0 aliphatic rings. The topological polar surface area (TPSA) is 77.2 Å². The van der Waals surface area contributed by atoms with Crippen molar-refractivity contribution in [2.45, 2.75) is 45.4 Å². The molecule has 0 aliphatic heterocycles. The normalized spacial score (nSPS) is 11.4. The molecule has 0 bridgehead atoms. The molecular weight excluding hydrogens is 342 g/mol. The van der Waals surface area contributed by atoms with Crippen molar-refractivity contribution < 1.29 is 14.1 Å². The third-order valence-corrected chi connectivity index (χ3v) is 3.69. The fourth-order valence-electron chi connectivity index (χ4n) is 2.04. The van der Waals surface area contributed by atoms with E-state index in [4.69, 9.17) is 20.9 Å². The second-order valence-electron chi connectivity index (χ2n) is 6.77. The number of carbonyl (C=O) groups excluding carboxylic acids is 1. The smallest absolute Gasteiger partial charge is 0.226 e. The molecule has 0 unspecified atom stereocenters. The van der Waals surface area contributed by atoms with Crippen molar-refractivity contribution in [2.75, 3.05) is 13.2 Å². The lowest BCUT2D eigenvalue weighted by molar-refractivity contribution is -0.121. The van der Waals surface area contributed by atoms with Gasteiger partial charge < -0.3 is 14.6 Å². The van der Waals surface area contributed by atoms with Crippen LogP contribution in [0.15, 0.2) is 28.8 Å².